The fourth-order valence-electron chi connectivity index (χ4n) is 2.31. The van der Waals surface area contributed by atoms with Crippen LogP contribution in [0.1, 0.15) is 42.9 Å². The third-order valence-electron chi connectivity index (χ3n) is 3.78. The Kier molecular flexibility index (Phi) is 7.28. The van der Waals surface area contributed by atoms with Gasteiger partial charge in [-0.05, 0) is 23.6 Å². The van der Waals surface area contributed by atoms with Gasteiger partial charge in [-0.25, -0.2) is 0 Å². The Bertz CT molecular complexity index is 700. The van der Waals surface area contributed by atoms with Crippen LogP contribution in [0.25, 0.3) is 0 Å². The number of aliphatic imine (C=N–C) groups is 1. The number of guanidine groups is 1. The molecule has 0 aliphatic heterocycles. The lowest BCUT2D eigenvalue weighted by Crippen LogP contribution is -2.39. The van der Waals surface area contributed by atoms with Gasteiger partial charge in [0.2, 0.25) is 0 Å². The van der Waals surface area contributed by atoms with Gasteiger partial charge in [-0.1, -0.05) is 42.7 Å². The number of rotatable bonds is 7. The number of nitrogens with one attached hydrogen (secondary N) is 2. The standard InChI is InChI=1S/C18H25ClN4O2/c1-12(2)16-9-15(25-23-16)10-21-18(20-3)22-11-17(24-4)13-6-5-7-14(19)8-13/h5-9,12,17H,10-11H2,1-4H3,(H2,20,21,22). The van der Waals surface area contributed by atoms with Gasteiger partial charge in [0.25, 0.3) is 0 Å². The highest BCUT2D eigenvalue weighted by molar-refractivity contribution is 6.30. The molecule has 0 bridgehead atoms. The molecule has 0 fully saturated rings. The summed E-state index contributed by atoms with van der Waals surface area (Å²) in [5.41, 5.74) is 1.95. The van der Waals surface area contributed by atoms with Gasteiger partial charge in [0.1, 0.15) is 0 Å². The zero-order valence-electron chi connectivity index (χ0n) is 15.0. The molecule has 0 aliphatic rings. The van der Waals surface area contributed by atoms with E-state index in [0.29, 0.717) is 30.0 Å². The van der Waals surface area contributed by atoms with Crippen LogP contribution in [0.3, 0.4) is 0 Å². The lowest BCUT2D eigenvalue weighted by atomic mass is 10.1. The molecule has 25 heavy (non-hydrogen) atoms. The van der Waals surface area contributed by atoms with Crippen molar-refractivity contribution in [3.05, 3.63) is 52.4 Å². The summed E-state index contributed by atoms with van der Waals surface area (Å²) in [7, 11) is 3.39. The van der Waals surface area contributed by atoms with Crippen molar-refractivity contribution in [3.63, 3.8) is 0 Å². The molecule has 6 nitrogen and oxygen atoms in total. The molecule has 1 aromatic carbocycles. The summed E-state index contributed by atoms with van der Waals surface area (Å²) in [6, 6.07) is 9.59. The molecule has 0 spiro atoms. The summed E-state index contributed by atoms with van der Waals surface area (Å²) in [6.07, 6.45) is -0.130. The van der Waals surface area contributed by atoms with Crippen molar-refractivity contribution in [1.82, 2.24) is 15.8 Å². The molecule has 0 saturated carbocycles. The maximum atomic E-state index is 6.05. The Morgan fingerprint density at radius 2 is 2.12 bits per heavy atom. The highest BCUT2D eigenvalue weighted by atomic mass is 35.5. The molecular weight excluding hydrogens is 340 g/mol. The van der Waals surface area contributed by atoms with E-state index in [2.05, 4.69) is 34.6 Å². The highest BCUT2D eigenvalue weighted by Crippen LogP contribution is 2.19. The average Bonchev–Trinajstić information content (AvgIpc) is 3.07. The van der Waals surface area contributed by atoms with E-state index in [1.165, 1.54) is 0 Å². The summed E-state index contributed by atoms with van der Waals surface area (Å²) in [4.78, 5) is 4.21. The van der Waals surface area contributed by atoms with Crippen molar-refractivity contribution in [2.75, 3.05) is 20.7 Å². The smallest absolute Gasteiger partial charge is 0.191 e. The maximum Gasteiger partial charge on any atom is 0.191 e. The quantitative estimate of drug-likeness (QED) is 0.581. The van der Waals surface area contributed by atoms with Crippen LogP contribution in [0.15, 0.2) is 39.8 Å². The van der Waals surface area contributed by atoms with Gasteiger partial charge in [0, 0.05) is 31.8 Å². The minimum absolute atomic E-state index is 0.130. The highest BCUT2D eigenvalue weighted by Gasteiger charge is 2.12. The van der Waals surface area contributed by atoms with E-state index in [-0.39, 0.29) is 6.10 Å². The summed E-state index contributed by atoms with van der Waals surface area (Å²) >= 11 is 6.05. The number of benzene rings is 1. The number of hydrogen-bond donors (Lipinski definition) is 2. The largest absolute Gasteiger partial charge is 0.375 e. The predicted octanol–water partition coefficient (Wildman–Crippen LogP) is 3.50. The van der Waals surface area contributed by atoms with E-state index in [1.54, 1.807) is 14.2 Å². The summed E-state index contributed by atoms with van der Waals surface area (Å²) in [6.45, 7) is 5.23. The third-order valence-corrected chi connectivity index (χ3v) is 4.02. The average molecular weight is 365 g/mol. The number of halogens is 1. The molecule has 2 rings (SSSR count). The van der Waals surface area contributed by atoms with Gasteiger partial charge < -0.3 is 19.9 Å². The number of aromatic nitrogens is 1. The first-order valence-electron chi connectivity index (χ1n) is 8.21. The van der Waals surface area contributed by atoms with Crippen LogP contribution < -0.4 is 10.6 Å². The minimum Gasteiger partial charge on any atom is -0.375 e. The molecular formula is C18H25ClN4O2. The van der Waals surface area contributed by atoms with E-state index in [4.69, 9.17) is 20.9 Å². The van der Waals surface area contributed by atoms with Crippen molar-refractivity contribution in [2.24, 2.45) is 4.99 Å². The molecule has 2 N–H and O–H groups in total. The van der Waals surface area contributed by atoms with Gasteiger partial charge >= 0.3 is 0 Å². The lowest BCUT2D eigenvalue weighted by Gasteiger charge is -2.18. The van der Waals surface area contributed by atoms with Crippen molar-refractivity contribution in [2.45, 2.75) is 32.4 Å². The van der Waals surface area contributed by atoms with Crippen molar-refractivity contribution in [1.29, 1.82) is 0 Å². The molecule has 0 aliphatic carbocycles. The summed E-state index contributed by atoms with van der Waals surface area (Å²) < 4.78 is 10.9. The normalized spacial score (nSPS) is 13.1. The first-order chi connectivity index (χ1) is 12.0. The predicted molar refractivity (Wildman–Crippen MR) is 100.0 cm³/mol. The number of hydrogen-bond acceptors (Lipinski definition) is 4. The van der Waals surface area contributed by atoms with Crippen LogP contribution in [-0.2, 0) is 11.3 Å². The molecule has 136 valence electrons. The van der Waals surface area contributed by atoms with Crippen LogP contribution in [0.4, 0.5) is 0 Å². The SMILES string of the molecule is CN=C(NCc1cc(C(C)C)no1)NCC(OC)c1cccc(Cl)c1. The molecule has 7 heteroatoms. The summed E-state index contributed by atoms with van der Waals surface area (Å²) in [5, 5.41) is 11.2. The van der Waals surface area contributed by atoms with E-state index < -0.39 is 0 Å². The molecule has 2 aromatic rings. The third kappa shape index (κ3) is 5.76. The second kappa shape index (κ2) is 9.44. The molecule has 0 amide bonds. The minimum atomic E-state index is -0.130. The molecule has 1 atom stereocenters. The van der Waals surface area contributed by atoms with Gasteiger partial charge in [-0.3, -0.25) is 4.99 Å². The van der Waals surface area contributed by atoms with Crippen LogP contribution in [0.2, 0.25) is 5.02 Å². The molecule has 1 unspecified atom stereocenters. The van der Waals surface area contributed by atoms with Gasteiger partial charge in [-0.15, -0.1) is 0 Å². The van der Waals surface area contributed by atoms with Gasteiger partial charge in [0.15, 0.2) is 11.7 Å². The Balaban J connectivity index is 1.88. The first kappa shape index (κ1) is 19.3. The van der Waals surface area contributed by atoms with E-state index in [9.17, 15) is 0 Å². The fourth-order valence-corrected chi connectivity index (χ4v) is 2.51. The van der Waals surface area contributed by atoms with Crippen LogP contribution in [0.5, 0.6) is 0 Å². The Morgan fingerprint density at radius 3 is 2.72 bits per heavy atom. The maximum absolute atomic E-state index is 6.05. The number of methoxy groups -OCH3 is 1. The van der Waals surface area contributed by atoms with E-state index in [0.717, 1.165) is 17.0 Å². The fraction of sp³-hybridized carbons (Fsp3) is 0.444. The molecule has 1 aromatic heterocycles. The number of nitrogens with zero attached hydrogens (tertiary/aromatic N) is 2. The summed E-state index contributed by atoms with van der Waals surface area (Å²) in [5.74, 6) is 1.77. The molecule has 1 heterocycles. The van der Waals surface area contributed by atoms with Crippen LogP contribution >= 0.6 is 11.6 Å². The molecule has 0 radical (unpaired) electrons. The topological polar surface area (TPSA) is 71.7 Å². The zero-order chi connectivity index (χ0) is 18.2. The van der Waals surface area contributed by atoms with Gasteiger partial charge in [-0.2, -0.15) is 0 Å². The van der Waals surface area contributed by atoms with Crippen LogP contribution in [-0.4, -0.2) is 31.8 Å². The first-order valence-corrected chi connectivity index (χ1v) is 8.59. The monoisotopic (exact) mass is 364 g/mol. The van der Waals surface area contributed by atoms with E-state index in [1.807, 2.05) is 30.3 Å². The number of ether oxygens (including phenoxy) is 1. The van der Waals surface area contributed by atoms with E-state index >= 15 is 0 Å². The Morgan fingerprint density at radius 1 is 1.32 bits per heavy atom. The lowest BCUT2D eigenvalue weighted by molar-refractivity contribution is 0.106. The molecule has 0 saturated heterocycles. The Labute approximate surface area is 153 Å². The van der Waals surface area contributed by atoms with Crippen LogP contribution in [0, 0.1) is 0 Å². The van der Waals surface area contributed by atoms with Crippen molar-refractivity contribution < 1.29 is 9.26 Å². The zero-order valence-corrected chi connectivity index (χ0v) is 15.8. The Hall–Kier alpha value is -2.05. The second-order valence-corrected chi connectivity index (χ2v) is 6.40. The van der Waals surface area contributed by atoms with Crippen molar-refractivity contribution in [3.8, 4) is 0 Å². The van der Waals surface area contributed by atoms with Gasteiger partial charge in [0.05, 0.1) is 18.3 Å². The van der Waals surface area contributed by atoms with Crippen molar-refractivity contribution >= 4 is 17.6 Å². The second-order valence-electron chi connectivity index (χ2n) is 5.96.